The van der Waals surface area contributed by atoms with E-state index in [-0.39, 0.29) is 5.54 Å². The van der Waals surface area contributed by atoms with E-state index in [9.17, 15) is 5.11 Å². The summed E-state index contributed by atoms with van der Waals surface area (Å²) in [5.74, 6) is 1.78. The molecule has 0 saturated carbocycles. The lowest BCUT2D eigenvalue weighted by Gasteiger charge is -2.19. The van der Waals surface area contributed by atoms with Crippen molar-refractivity contribution in [1.82, 2.24) is 5.32 Å². The van der Waals surface area contributed by atoms with E-state index >= 15 is 0 Å². The Bertz CT molecular complexity index is 547. The van der Waals surface area contributed by atoms with Crippen molar-refractivity contribution in [2.45, 2.75) is 45.9 Å². The fraction of sp³-hybridized carbons (Fsp3) is 0.412. The van der Waals surface area contributed by atoms with Crippen LogP contribution in [0.1, 0.15) is 45.1 Å². The van der Waals surface area contributed by atoms with Gasteiger partial charge in [0.15, 0.2) is 0 Å². The van der Waals surface area contributed by atoms with Crippen LogP contribution in [0.2, 0.25) is 0 Å². The summed E-state index contributed by atoms with van der Waals surface area (Å²) in [7, 11) is 0. The molecule has 0 aliphatic carbocycles. The Balaban J connectivity index is 2.08. The van der Waals surface area contributed by atoms with Crippen LogP contribution in [0.25, 0.3) is 11.3 Å². The van der Waals surface area contributed by atoms with Gasteiger partial charge in [-0.05, 0) is 45.4 Å². The average Bonchev–Trinajstić information content (AvgIpc) is 2.84. The largest absolute Gasteiger partial charge is 0.460 e. The summed E-state index contributed by atoms with van der Waals surface area (Å²) in [6.07, 6.45) is -0.438. The molecule has 0 amide bonds. The van der Waals surface area contributed by atoms with Crippen molar-refractivity contribution in [3.63, 3.8) is 0 Å². The Morgan fingerprint density at radius 1 is 1.10 bits per heavy atom. The molecule has 2 aromatic rings. The van der Waals surface area contributed by atoms with E-state index in [4.69, 9.17) is 4.42 Å². The summed E-state index contributed by atoms with van der Waals surface area (Å²) in [4.78, 5) is 0. The maximum absolute atomic E-state index is 9.50. The van der Waals surface area contributed by atoms with Crippen LogP contribution >= 0.6 is 0 Å². The first-order valence-electron chi connectivity index (χ1n) is 6.97. The van der Waals surface area contributed by atoms with Gasteiger partial charge in [-0.1, -0.05) is 24.3 Å². The molecule has 1 atom stereocenters. The Kier molecular flexibility index (Phi) is 4.31. The van der Waals surface area contributed by atoms with Gasteiger partial charge < -0.3 is 14.8 Å². The van der Waals surface area contributed by atoms with E-state index in [2.05, 4.69) is 26.1 Å². The van der Waals surface area contributed by atoms with Crippen LogP contribution in [0.5, 0.6) is 0 Å². The lowest BCUT2D eigenvalue weighted by Crippen LogP contribution is -2.34. The molecule has 3 nitrogen and oxygen atoms in total. The highest BCUT2D eigenvalue weighted by Gasteiger charge is 2.11. The molecule has 0 radical (unpaired) electrons. The number of hydrogen-bond donors (Lipinski definition) is 2. The van der Waals surface area contributed by atoms with Crippen LogP contribution in [0, 0.1) is 0 Å². The number of aliphatic hydroxyl groups is 1. The summed E-state index contributed by atoms with van der Waals surface area (Å²) < 4.78 is 5.84. The van der Waals surface area contributed by atoms with Gasteiger partial charge in [-0.15, -0.1) is 0 Å². The van der Waals surface area contributed by atoms with Crippen molar-refractivity contribution < 1.29 is 9.52 Å². The van der Waals surface area contributed by atoms with Gasteiger partial charge in [-0.3, -0.25) is 0 Å². The van der Waals surface area contributed by atoms with E-state index in [1.807, 2.05) is 36.4 Å². The zero-order chi connectivity index (χ0) is 14.8. The van der Waals surface area contributed by atoms with Crippen molar-refractivity contribution >= 4 is 0 Å². The summed E-state index contributed by atoms with van der Waals surface area (Å²) in [6.45, 7) is 8.87. The number of hydrogen-bond acceptors (Lipinski definition) is 3. The normalized spacial score (nSPS) is 13.4. The molecule has 1 aromatic heterocycles. The fourth-order valence-corrected chi connectivity index (χ4v) is 1.91. The molecular formula is C17H23NO2. The van der Waals surface area contributed by atoms with Crippen molar-refractivity contribution in [2.24, 2.45) is 0 Å². The Morgan fingerprint density at radius 2 is 1.75 bits per heavy atom. The van der Waals surface area contributed by atoms with Crippen LogP contribution < -0.4 is 5.32 Å². The van der Waals surface area contributed by atoms with Gasteiger partial charge in [0.1, 0.15) is 11.5 Å². The molecule has 3 heteroatoms. The zero-order valence-electron chi connectivity index (χ0n) is 12.6. The molecule has 0 bridgehead atoms. The van der Waals surface area contributed by atoms with Crippen LogP contribution in [0.15, 0.2) is 40.8 Å². The Morgan fingerprint density at radius 3 is 2.30 bits per heavy atom. The van der Waals surface area contributed by atoms with E-state index < -0.39 is 6.10 Å². The lowest BCUT2D eigenvalue weighted by molar-refractivity contribution is 0.199. The average molecular weight is 273 g/mol. The van der Waals surface area contributed by atoms with Crippen molar-refractivity contribution in [1.29, 1.82) is 0 Å². The molecule has 2 N–H and O–H groups in total. The summed E-state index contributed by atoms with van der Waals surface area (Å²) in [5.41, 5.74) is 2.01. The molecule has 0 aliphatic rings. The topological polar surface area (TPSA) is 45.4 Å². The Labute approximate surface area is 120 Å². The van der Waals surface area contributed by atoms with Gasteiger partial charge in [-0.25, -0.2) is 0 Å². The SMILES string of the molecule is C[C@H](O)c1ccc(-c2ccc(CNC(C)(C)C)o2)cc1. The van der Waals surface area contributed by atoms with Crippen LogP contribution in [-0.2, 0) is 6.54 Å². The number of furan rings is 1. The van der Waals surface area contributed by atoms with Gasteiger partial charge in [0.25, 0.3) is 0 Å². The number of aliphatic hydroxyl groups excluding tert-OH is 1. The minimum Gasteiger partial charge on any atom is -0.460 e. The van der Waals surface area contributed by atoms with Gasteiger partial charge >= 0.3 is 0 Å². The molecule has 108 valence electrons. The maximum Gasteiger partial charge on any atom is 0.134 e. The fourth-order valence-electron chi connectivity index (χ4n) is 1.91. The highest BCUT2D eigenvalue weighted by Crippen LogP contribution is 2.24. The predicted octanol–water partition coefficient (Wildman–Crippen LogP) is 3.89. The second kappa shape index (κ2) is 5.81. The second-order valence-electron chi connectivity index (χ2n) is 6.17. The molecule has 1 aromatic carbocycles. The highest BCUT2D eigenvalue weighted by atomic mass is 16.3. The number of benzene rings is 1. The van der Waals surface area contributed by atoms with E-state index in [1.165, 1.54) is 0 Å². The third-order valence-corrected chi connectivity index (χ3v) is 3.13. The van der Waals surface area contributed by atoms with E-state index in [0.29, 0.717) is 0 Å². The van der Waals surface area contributed by atoms with Crippen molar-refractivity contribution in [3.8, 4) is 11.3 Å². The van der Waals surface area contributed by atoms with Gasteiger partial charge in [-0.2, -0.15) is 0 Å². The first kappa shape index (κ1) is 14.8. The standard InChI is InChI=1S/C17H23NO2/c1-12(19)13-5-7-14(8-6-13)16-10-9-15(20-16)11-18-17(2,3)4/h5-10,12,18-19H,11H2,1-4H3/t12-/m0/s1. The van der Waals surface area contributed by atoms with Gasteiger partial charge in [0, 0.05) is 11.1 Å². The lowest BCUT2D eigenvalue weighted by atomic mass is 10.1. The monoisotopic (exact) mass is 273 g/mol. The van der Waals surface area contributed by atoms with Crippen molar-refractivity contribution in [3.05, 3.63) is 47.7 Å². The minimum atomic E-state index is -0.438. The molecule has 0 fully saturated rings. The number of rotatable bonds is 4. The molecule has 1 heterocycles. The second-order valence-corrected chi connectivity index (χ2v) is 6.17. The first-order chi connectivity index (χ1) is 9.35. The Hall–Kier alpha value is -1.58. The molecule has 0 spiro atoms. The van der Waals surface area contributed by atoms with Gasteiger partial charge in [0.05, 0.1) is 12.6 Å². The van der Waals surface area contributed by atoms with Crippen molar-refractivity contribution in [2.75, 3.05) is 0 Å². The third-order valence-electron chi connectivity index (χ3n) is 3.13. The van der Waals surface area contributed by atoms with E-state index in [1.54, 1.807) is 6.92 Å². The number of nitrogens with one attached hydrogen (secondary N) is 1. The quantitative estimate of drug-likeness (QED) is 0.888. The molecule has 2 rings (SSSR count). The molecular weight excluding hydrogens is 250 g/mol. The van der Waals surface area contributed by atoms with Crippen LogP contribution in [0.4, 0.5) is 0 Å². The first-order valence-corrected chi connectivity index (χ1v) is 6.97. The van der Waals surface area contributed by atoms with Crippen LogP contribution in [-0.4, -0.2) is 10.6 Å². The summed E-state index contributed by atoms with van der Waals surface area (Å²) in [6, 6.07) is 11.8. The minimum absolute atomic E-state index is 0.0753. The third kappa shape index (κ3) is 3.95. The maximum atomic E-state index is 9.50. The van der Waals surface area contributed by atoms with Gasteiger partial charge in [0.2, 0.25) is 0 Å². The molecule has 0 unspecified atom stereocenters. The molecule has 0 saturated heterocycles. The highest BCUT2D eigenvalue weighted by molar-refractivity contribution is 5.58. The molecule has 0 aliphatic heterocycles. The summed E-state index contributed by atoms with van der Waals surface area (Å²) in [5, 5.41) is 12.9. The zero-order valence-corrected chi connectivity index (χ0v) is 12.6. The summed E-state index contributed by atoms with van der Waals surface area (Å²) >= 11 is 0. The van der Waals surface area contributed by atoms with E-state index in [0.717, 1.165) is 29.2 Å². The molecule has 20 heavy (non-hydrogen) atoms. The smallest absolute Gasteiger partial charge is 0.134 e. The predicted molar refractivity (Wildman–Crippen MR) is 81.4 cm³/mol. The van der Waals surface area contributed by atoms with Crippen LogP contribution in [0.3, 0.4) is 0 Å².